The maximum absolute atomic E-state index is 12.7. The van der Waals surface area contributed by atoms with Crippen molar-refractivity contribution in [1.82, 2.24) is 14.9 Å². The van der Waals surface area contributed by atoms with E-state index in [0.29, 0.717) is 31.7 Å². The number of nitriles is 1. The minimum atomic E-state index is -0.200. The molecule has 0 radical (unpaired) electrons. The predicted octanol–water partition coefficient (Wildman–Crippen LogP) is 3.21. The minimum Gasteiger partial charge on any atom is -0.494 e. The Hall–Kier alpha value is -3.14. The maximum atomic E-state index is 12.7. The molecule has 1 aliphatic rings. The molecule has 1 aliphatic heterocycles. The van der Waals surface area contributed by atoms with Gasteiger partial charge in [-0.1, -0.05) is 19.8 Å². The van der Waals surface area contributed by atoms with Crippen LogP contribution < -0.4 is 9.47 Å². The lowest BCUT2D eigenvalue weighted by atomic mass is 10.2. The number of hydrogen-bond donors (Lipinski definition) is 0. The Kier molecular flexibility index (Phi) is 6.79. The third-order valence-electron chi connectivity index (χ3n) is 4.60. The van der Waals surface area contributed by atoms with Gasteiger partial charge in [-0.05, 0) is 30.7 Å². The summed E-state index contributed by atoms with van der Waals surface area (Å²) >= 11 is 0. The average molecular weight is 380 g/mol. The van der Waals surface area contributed by atoms with Crippen molar-refractivity contribution >= 4 is 5.91 Å². The zero-order valence-electron chi connectivity index (χ0n) is 16.0. The molecule has 0 saturated carbocycles. The van der Waals surface area contributed by atoms with Crippen LogP contribution in [0.25, 0.3) is 0 Å². The topological polar surface area (TPSA) is 88.3 Å². The van der Waals surface area contributed by atoms with E-state index in [2.05, 4.69) is 16.9 Å². The second-order valence-corrected chi connectivity index (χ2v) is 6.68. The molecule has 1 unspecified atom stereocenters. The normalized spacial score (nSPS) is 15.9. The van der Waals surface area contributed by atoms with E-state index in [-0.39, 0.29) is 23.6 Å². The van der Waals surface area contributed by atoms with Crippen molar-refractivity contribution < 1.29 is 14.3 Å². The van der Waals surface area contributed by atoms with Crippen LogP contribution >= 0.6 is 0 Å². The number of aromatic nitrogens is 2. The van der Waals surface area contributed by atoms with Crippen molar-refractivity contribution in [1.29, 1.82) is 5.26 Å². The van der Waals surface area contributed by atoms with Crippen LogP contribution in [0.2, 0.25) is 0 Å². The van der Waals surface area contributed by atoms with Gasteiger partial charge in [0.15, 0.2) is 0 Å². The van der Waals surface area contributed by atoms with Crippen molar-refractivity contribution in [3.8, 4) is 17.7 Å². The van der Waals surface area contributed by atoms with E-state index in [1.165, 1.54) is 12.4 Å². The first-order valence-corrected chi connectivity index (χ1v) is 9.61. The van der Waals surface area contributed by atoms with Gasteiger partial charge >= 0.3 is 0 Å². The Balaban J connectivity index is 1.53. The lowest BCUT2D eigenvalue weighted by Crippen LogP contribution is -2.31. The number of carbonyl (C=O) groups excluding carboxylic acids is 1. The summed E-state index contributed by atoms with van der Waals surface area (Å²) in [5, 5.41) is 9.08. The second kappa shape index (κ2) is 9.70. The van der Waals surface area contributed by atoms with Gasteiger partial charge in [0, 0.05) is 30.9 Å². The summed E-state index contributed by atoms with van der Waals surface area (Å²) in [5.41, 5.74) is 0.778. The third-order valence-corrected chi connectivity index (χ3v) is 4.60. The summed E-state index contributed by atoms with van der Waals surface area (Å²) in [6.45, 7) is 3.90. The molecule has 2 heterocycles. The highest BCUT2D eigenvalue weighted by Gasteiger charge is 2.29. The Labute approximate surface area is 164 Å². The lowest BCUT2D eigenvalue weighted by Gasteiger charge is -2.17. The van der Waals surface area contributed by atoms with Gasteiger partial charge in [-0.15, -0.1) is 0 Å². The molecule has 28 heavy (non-hydrogen) atoms. The highest BCUT2D eigenvalue weighted by atomic mass is 16.5. The second-order valence-electron chi connectivity index (χ2n) is 6.68. The van der Waals surface area contributed by atoms with Crippen LogP contribution in [0.4, 0.5) is 0 Å². The van der Waals surface area contributed by atoms with Crippen molar-refractivity contribution in [2.75, 3.05) is 19.7 Å². The number of ether oxygens (including phenoxy) is 2. The van der Waals surface area contributed by atoms with Gasteiger partial charge in [-0.2, -0.15) is 5.26 Å². The number of hydrogen-bond acceptors (Lipinski definition) is 6. The standard InChI is InChI=1S/C21H24N4O3/c1-2-3-4-13-27-17-7-5-16(6-8-17)21(26)25-12-9-18(15-25)28-20-19(14-22)23-10-11-24-20/h5-8,10-11,18H,2-4,9,12-13,15H2,1H3. The van der Waals surface area contributed by atoms with Crippen molar-refractivity contribution in [2.45, 2.75) is 38.7 Å². The molecule has 1 saturated heterocycles. The van der Waals surface area contributed by atoms with Gasteiger partial charge in [0.05, 0.1) is 13.2 Å². The molecule has 1 fully saturated rings. The van der Waals surface area contributed by atoms with Crippen LogP contribution in [0.1, 0.15) is 48.7 Å². The quantitative estimate of drug-likeness (QED) is 0.654. The van der Waals surface area contributed by atoms with Gasteiger partial charge in [-0.25, -0.2) is 9.97 Å². The lowest BCUT2D eigenvalue weighted by molar-refractivity contribution is 0.0771. The largest absolute Gasteiger partial charge is 0.494 e. The molecule has 7 heteroatoms. The minimum absolute atomic E-state index is 0.0386. The van der Waals surface area contributed by atoms with E-state index in [0.717, 1.165) is 25.0 Å². The smallest absolute Gasteiger partial charge is 0.253 e. The number of nitrogens with zero attached hydrogens (tertiary/aromatic N) is 4. The summed E-state index contributed by atoms with van der Waals surface area (Å²) in [6, 6.07) is 9.22. The SMILES string of the molecule is CCCCCOc1ccc(C(=O)N2CCC(Oc3nccnc3C#N)C2)cc1. The first-order valence-electron chi connectivity index (χ1n) is 9.61. The fourth-order valence-electron chi connectivity index (χ4n) is 3.07. The summed E-state index contributed by atoms with van der Waals surface area (Å²) in [5.74, 6) is 0.958. The molecule has 3 rings (SSSR count). The van der Waals surface area contributed by atoms with Gasteiger partial charge < -0.3 is 14.4 Å². The number of benzene rings is 1. The summed E-state index contributed by atoms with van der Waals surface area (Å²) in [4.78, 5) is 22.5. The Morgan fingerprint density at radius 3 is 2.79 bits per heavy atom. The van der Waals surface area contributed by atoms with Crippen molar-refractivity contribution in [3.05, 3.63) is 47.9 Å². The van der Waals surface area contributed by atoms with Gasteiger partial charge in [-0.3, -0.25) is 4.79 Å². The van der Waals surface area contributed by atoms with Crippen LogP contribution in [-0.2, 0) is 0 Å². The van der Waals surface area contributed by atoms with Crippen molar-refractivity contribution in [3.63, 3.8) is 0 Å². The number of carbonyl (C=O) groups is 1. The summed E-state index contributed by atoms with van der Waals surface area (Å²) in [6.07, 6.45) is 6.77. The molecule has 2 aromatic rings. The fraction of sp³-hybridized carbons (Fsp3) is 0.429. The molecule has 1 aromatic heterocycles. The first-order chi connectivity index (χ1) is 13.7. The molecule has 0 N–H and O–H groups in total. The first kappa shape index (κ1) is 19.6. The zero-order valence-corrected chi connectivity index (χ0v) is 16.0. The van der Waals surface area contributed by atoms with E-state index in [4.69, 9.17) is 14.7 Å². The summed E-state index contributed by atoms with van der Waals surface area (Å²) < 4.78 is 11.5. The number of rotatable bonds is 8. The molecule has 0 aliphatic carbocycles. The van der Waals surface area contributed by atoms with Crippen LogP contribution in [0.3, 0.4) is 0 Å². The molecule has 7 nitrogen and oxygen atoms in total. The highest BCUT2D eigenvalue weighted by Crippen LogP contribution is 2.21. The van der Waals surface area contributed by atoms with Crippen LogP contribution in [0.15, 0.2) is 36.7 Å². The van der Waals surface area contributed by atoms with E-state index in [1.54, 1.807) is 17.0 Å². The Morgan fingerprint density at radius 2 is 2.04 bits per heavy atom. The predicted molar refractivity (Wildman–Crippen MR) is 103 cm³/mol. The monoisotopic (exact) mass is 380 g/mol. The molecule has 0 bridgehead atoms. The van der Waals surface area contributed by atoms with Crippen LogP contribution in [0.5, 0.6) is 11.6 Å². The van der Waals surface area contributed by atoms with E-state index >= 15 is 0 Å². The van der Waals surface area contributed by atoms with E-state index < -0.39 is 0 Å². The Morgan fingerprint density at radius 1 is 1.25 bits per heavy atom. The zero-order chi connectivity index (χ0) is 19.8. The summed E-state index contributed by atoms with van der Waals surface area (Å²) in [7, 11) is 0. The Bertz CT molecular complexity index is 832. The van der Waals surface area contributed by atoms with Gasteiger partial charge in [0.1, 0.15) is 17.9 Å². The van der Waals surface area contributed by atoms with E-state index in [1.807, 2.05) is 18.2 Å². The van der Waals surface area contributed by atoms with Gasteiger partial charge in [0.2, 0.25) is 5.69 Å². The molecule has 1 aromatic carbocycles. The molecule has 0 spiro atoms. The molecule has 146 valence electrons. The molecular formula is C21H24N4O3. The number of unbranched alkanes of at least 4 members (excludes halogenated alkanes) is 2. The molecule has 1 atom stereocenters. The average Bonchev–Trinajstić information content (AvgIpc) is 3.20. The molecular weight excluding hydrogens is 356 g/mol. The van der Waals surface area contributed by atoms with Crippen LogP contribution in [-0.4, -0.2) is 46.6 Å². The van der Waals surface area contributed by atoms with Crippen molar-refractivity contribution in [2.24, 2.45) is 0 Å². The molecule has 1 amide bonds. The van der Waals surface area contributed by atoms with Gasteiger partial charge in [0.25, 0.3) is 11.8 Å². The van der Waals surface area contributed by atoms with E-state index in [9.17, 15) is 4.79 Å². The fourth-order valence-corrected chi connectivity index (χ4v) is 3.07. The third kappa shape index (κ3) is 4.97. The highest BCUT2D eigenvalue weighted by molar-refractivity contribution is 5.94. The maximum Gasteiger partial charge on any atom is 0.253 e. The van der Waals surface area contributed by atoms with Crippen LogP contribution in [0, 0.1) is 11.3 Å². The number of likely N-dealkylation sites (tertiary alicyclic amines) is 1. The number of amides is 1.